The molecule has 1 aromatic heterocycles. The molecule has 2 aromatic carbocycles. The fourth-order valence-electron chi connectivity index (χ4n) is 3.95. The number of benzene rings is 2. The molecule has 8 nitrogen and oxygen atoms in total. The number of nitrogens with zero attached hydrogens (tertiary/aromatic N) is 3. The van der Waals surface area contributed by atoms with Crippen LogP contribution in [-0.2, 0) is 6.54 Å². The molecule has 0 radical (unpaired) electrons. The maximum absolute atomic E-state index is 12.6. The topological polar surface area (TPSA) is 103 Å². The molecule has 3 N–H and O–H groups in total. The van der Waals surface area contributed by atoms with Crippen molar-refractivity contribution in [3.63, 3.8) is 0 Å². The fraction of sp³-hybridized carbons (Fsp3) is 0.273. The van der Waals surface area contributed by atoms with E-state index >= 15 is 0 Å². The van der Waals surface area contributed by atoms with Gasteiger partial charge in [0, 0.05) is 44.4 Å². The fourth-order valence-corrected chi connectivity index (χ4v) is 3.95. The van der Waals surface area contributed by atoms with Crippen molar-refractivity contribution in [1.82, 2.24) is 10.2 Å². The predicted molar refractivity (Wildman–Crippen MR) is 113 cm³/mol. The number of alkyl halides is 3. The van der Waals surface area contributed by atoms with Crippen LogP contribution in [0.3, 0.4) is 0 Å². The predicted octanol–water partition coefficient (Wildman–Crippen LogP) is 4.74. The van der Waals surface area contributed by atoms with E-state index < -0.39 is 12.1 Å². The molecule has 1 saturated heterocycles. The first-order valence-corrected chi connectivity index (χ1v) is 10.2. The summed E-state index contributed by atoms with van der Waals surface area (Å²) in [7, 11) is 0. The summed E-state index contributed by atoms with van der Waals surface area (Å²) in [6, 6.07) is 6.74. The Balaban J connectivity index is 1.52. The van der Waals surface area contributed by atoms with Crippen LogP contribution < -0.4 is 10.1 Å². The first-order valence-electron chi connectivity index (χ1n) is 10.2. The average molecular weight is 460 g/mol. The lowest BCUT2D eigenvalue weighted by molar-refractivity contribution is -0.274. The number of ether oxygens (including phenoxy) is 1. The second-order valence-electron chi connectivity index (χ2n) is 7.74. The number of azo groups is 1. The molecule has 0 unspecified atom stereocenters. The molecule has 0 bridgehead atoms. The maximum Gasteiger partial charge on any atom is 0.573 e. The van der Waals surface area contributed by atoms with Gasteiger partial charge in [-0.1, -0.05) is 0 Å². The number of phenolic OH excluding ortho intramolecular Hbond substituents is 1. The number of piperazine rings is 1. The molecule has 0 aliphatic carbocycles. The van der Waals surface area contributed by atoms with Gasteiger partial charge in [-0.05, 0) is 30.3 Å². The SMILES string of the molecule is Oc1ccc2c(O)c(C=C3N=Nc4ccc(OC(F)(F)F)cc43)oc2c1CN1CCNCC1. The van der Waals surface area contributed by atoms with Gasteiger partial charge in [0.2, 0.25) is 0 Å². The van der Waals surface area contributed by atoms with Gasteiger partial charge in [-0.3, -0.25) is 4.90 Å². The Morgan fingerprint density at radius 1 is 1.12 bits per heavy atom. The number of aromatic hydroxyl groups is 2. The highest BCUT2D eigenvalue weighted by Gasteiger charge is 2.32. The van der Waals surface area contributed by atoms with E-state index in [-0.39, 0.29) is 23.0 Å². The van der Waals surface area contributed by atoms with Crippen LogP contribution in [0.25, 0.3) is 22.7 Å². The smallest absolute Gasteiger partial charge is 0.507 e. The highest BCUT2D eigenvalue weighted by atomic mass is 19.4. The van der Waals surface area contributed by atoms with Crippen LogP contribution >= 0.6 is 0 Å². The summed E-state index contributed by atoms with van der Waals surface area (Å²) in [5.74, 6) is -0.461. The molecule has 0 saturated carbocycles. The van der Waals surface area contributed by atoms with E-state index in [1.54, 1.807) is 6.07 Å². The number of furan rings is 1. The zero-order chi connectivity index (χ0) is 23.2. The molecule has 2 aliphatic heterocycles. The minimum absolute atomic E-state index is 0.0498. The molecular formula is C22H19F3N4O4. The first kappa shape index (κ1) is 21.3. The lowest BCUT2D eigenvalue weighted by atomic mass is 10.1. The molecule has 172 valence electrons. The van der Waals surface area contributed by atoms with Crippen LogP contribution in [0.2, 0.25) is 0 Å². The monoisotopic (exact) mass is 460 g/mol. The minimum Gasteiger partial charge on any atom is -0.507 e. The largest absolute Gasteiger partial charge is 0.573 e. The molecule has 1 fully saturated rings. The van der Waals surface area contributed by atoms with E-state index in [1.807, 2.05) is 0 Å². The summed E-state index contributed by atoms with van der Waals surface area (Å²) in [4.78, 5) is 2.16. The Morgan fingerprint density at radius 2 is 1.91 bits per heavy atom. The van der Waals surface area contributed by atoms with Gasteiger partial charge in [0.25, 0.3) is 0 Å². The van der Waals surface area contributed by atoms with Crippen LogP contribution in [0.5, 0.6) is 17.2 Å². The zero-order valence-corrected chi connectivity index (χ0v) is 17.2. The summed E-state index contributed by atoms with van der Waals surface area (Å²) in [5, 5.41) is 32.8. The van der Waals surface area contributed by atoms with Crippen molar-refractivity contribution in [2.24, 2.45) is 10.2 Å². The van der Waals surface area contributed by atoms with E-state index in [2.05, 4.69) is 25.2 Å². The number of hydrogen-bond donors (Lipinski definition) is 3. The molecular weight excluding hydrogens is 441 g/mol. The van der Waals surface area contributed by atoms with Gasteiger partial charge in [0.15, 0.2) is 11.5 Å². The van der Waals surface area contributed by atoms with Crippen molar-refractivity contribution in [3.8, 4) is 17.2 Å². The lowest BCUT2D eigenvalue weighted by Crippen LogP contribution is -2.42. The van der Waals surface area contributed by atoms with E-state index in [0.717, 1.165) is 32.2 Å². The maximum atomic E-state index is 12.6. The van der Waals surface area contributed by atoms with Gasteiger partial charge < -0.3 is 24.7 Å². The minimum atomic E-state index is -4.83. The third-order valence-corrected chi connectivity index (χ3v) is 5.54. The van der Waals surface area contributed by atoms with Crippen LogP contribution in [0.1, 0.15) is 16.9 Å². The third-order valence-electron chi connectivity index (χ3n) is 5.54. The zero-order valence-electron chi connectivity index (χ0n) is 17.2. The van der Waals surface area contributed by atoms with Crippen molar-refractivity contribution < 1.29 is 32.5 Å². The Hall–Kier alpha value is -3.57. The molecule has 33 heavy (non-hydrogen) atoms. The van der Waals surface area contributed by atoms with Crippen molar-refractivity contribution in [3.05, 3.63) is 47.2 Å². The molecule has 0 amide bonds. The van der Waals surface area contributed by atoms with Crippen LogP contribution in [0.15, 0.2) is 45.0 Å². The number of phenols is 1. The standard InChI is InChI=1S/C22H19F3N4O4/c23-22(24,25)33-12-1-3-16-14(9-12)17(28-27-16)10-19-20(31)13-2-4-18(30)15(21(13)32-19)11-29-7-5-26-6-8-29/h1-4,9-10,26,30-31H,5-8,11H2. The quantitative estimate of drug-likeness (QED) is 0.520. The Morgan fingerprint density at radius 3 is 2.67 bits per heavy atom. The summed E-state index contributed by atoms with van der Waals surface area (Å²) in [5.41, 5.74) is 1.76. The van der Waals surface area contributed by atoms with Crippen molar-refractivity contribution in [1.29, 1.82) is 0 Å². The highest BCUT2D eigenvalue weighted by Crippen LogP contribution is 2.43. The summed E-state index contributed by atoms with van der Waals surface area (Å²) in [6.07, 6.45) is -3.43. The molecule has 0 atom stereocenters. The van der Waals surface area contributed by atoms with E-state index in [4.69, 9.17) is 4.42 Å². The van der Waals surface area contributed by atoms with Crippen LogP contribution in [0, 0.1) is 0 Å². The molecule has 11 heteroatoms. The van der Waals surface area contributed by atoms with Crippen LogP contribution in [0.4, 0.5) is 18.9 Å². The van der Waals surface area contributed by atoms with E-state index in [1.165, 1.54) is 24.3 Å². The molecule has 3 heterocycles. The van der Waals surface area contributed by atoms with E-state index in [0.29, 0.717) is 34.3 Å². The van der Waals surface area contributed by atoms with Crippen molar-refractivity contribution in [2.45, 2.75) is 12.9 Å². The van der Waals surface area contributed by atoms with E-state index in [9.17, 15) is 23.4 Å². The van der Waals surface area contributed by atoms with Gasteiger partial charge in [0.05, 0.1) is 22.3 Å². The van der Waals surface area contributed by atoms with Crippen LogP contribution in [-0.4, -0.2) is 47.7 Å². The third kappa shape index (κ3) is 4.24. The first-order chi connectivity index (χ1) is 15.8. The second-order valence-corrected chi connectivity index (χ2v) is 7.74. The van der Waals surface area contributed by atoms with Crippen molar-refractivity contribution in [2.75, 3.05) is 26.2 Å². The second kappa shape index (κ2) is 8.09. The molecule has 2 aliphatic rings. The number of nitrogens with one attached hydrogen (secondary N) is 1. The normalized spacial score (nSPS) is 17.7. The number of halogens is 3. The van der Waals surface area contributed by atoms with Gasteiger partial charge in [-0.15, -0.1) is 23.4 Å². The van der Waals surface area contributed by atoms with Gasteiger partial charge in [-0.2, -0.15) is 0 Å². The number of rotatable bonds is 4. The summed E-state index contributed by atoms with van der Waals surface area (Å²) < 4.78 is 47.6. The Kier molecular flexibility index (Phi) is 5.22. The summed E-state index contributed by atoms with van der Waals surface area (Å²) in [6.45, 7) is 3.72. The Labute approximate surface area is 185 Å². The number of fused-ring (bicyclic) bond motifs is 2. The molecule has 5 rings (SSSR count). The van der Waals surface area contributed by atoms with Gasteiger partial charge >= 0.3 is 6.36 Å². The Bertz CT molecular complexity index is 1280. The number of hydrogen-bond acceptors (Lipinski definition) is 8. The van der Waals surface area contributed by atoms with Gasteiger partial charge in [0.1, 0.15) is 17.1 Å². The molecule has 0 spiro atoms. The molecule has 3 aromatic rings. The highest BCUT2D eigenvalue weighted by molar-refractivity contribution is 5.95. The van der Waals surface area contributed by atoms with Crippen molar-refractivity contribution >= 4 is 28.4 Å². The average Bonchev–Trinajstić information content (AvgIpc) is 3.31. The summed E-state index contributed by atoms with van der Waals surface area (Å²) >= 11 is 0. The lowest BCUT2D eigenvalue weighted by Gasteiger charge is -2.27. The van der Waals surface area contributed by atoms with Gasteiger partial charge in [-0.25, -0.2) is 0 Å².